The molecule has 1 saturated heterocycles. The number of hydrogen-bond acceptors (Lipinski definition) is 3. The zero-order chi connectivity index (χ0) is 18.7. The molecule has 2 aliphatic rings. The summed E-state index contributed by atoms with van der Waals surface area (Å²) in [6.07, 6.45) is 6.43. The number of carbonyl (C=O) groups is 2. The van der Waals surface area contributed by atoms with Crippen LogP contribution in [0.1, 0.15) is 44.5 Å². The van der Waals surface area contributed by atoms with Crippen molar-refractivity contribution in [3.8, 4) is 0 Å². The fourth-order valence-corrected chi connectivity index (χ4v) is 3.82. The number of carbonyl (C=O) groups excluding carboxylic acids is 2. The molecule has 2 fully saturated rings. The number of aryl methyl sites for hydroxylation is 1. The Bertz CT molecular complexity index is 703. The van der Waals surface area contributed by atoms with Crippen LogP contribution in [0.4, 0.5) is 0 Å². The van der Waals surface area contributed by atoms with Gasteiger partial charge < -0.3 is 10.2 Å². The Morgan fingerprint density at radius 1 is 1.35 bits per heavy atom. The lowest BCUT2D eigenvalue weighted by Crippen LogP contribution is -2.40. The van der Waals surface area contributed by atoms with Crippen molar-refractivity contribution >= 4 is 11.8 Å². The molecule has 1 spiro atoms. The van der Waals surface area contributed by atoms with Crippen LogP contribution >= 0.6 is 0 Å². The first-order chi connectivity index (χ1) is 12.4. The van der Waals surface area contributed by atoms with Gasteiger partial charge >= 0.3 is 0 Å². The summed E-state index contributed by atoms with van der Waals surface area (Å²) in [6, 6.07) is 5.85. The number of piperidine rings is 1. The van der Waals surface area contributed by atoms with Crippen LogP contribution in [-0.2, 0) is 16.1 Å². The lowest BCUT2D eigenvalue weighted by Gasteiger charge is -2.32. The summed E-state index contributed by atoms with van der Waals surface area (Å²) >= 11 is 0. The van der Waals surface area contributed by atoms with Gasteiger partial charge in [0.2, 0.25) is 11.8 Å². The molecule has 26 heavy (non-hydrogen) atoms. The van der Waals surface area contributed by atoms with E-state index in [1.54, 1.807) is 6.08 Å². The van der Waals surface area contributed by atoms with Gasteiger partial charge in [-0.3, -0.25) is 14.6 Å². The van der Waals surface area contributed by atoms with Gasteiger partial charge in [0.25, 0.3) is 0 Å². The van der Waals surface area contributed by atoms with Crippen LogP contribution in [0, 0.1) is 24.2 Å². The van der Waals surface area contributed by atoms with Crippen molar-refractivity contribution < 1.29 is 9.59 Å². The second-order valence-corrected chi connectivity index (χ2v) is 8.04. The van der Waals surface area contributed by atoms with Crippen LogP contribution < -0.4 is 5.32 Å². The smallest absolute Gasteiger partial charge is 0.246 e. The minimum atomic E-state index is 0.0933. The van der Waals surface area contributed by atoms with Gasteiger partial charge in [0.05, 0.1) is 12.2 Å². The maximum atomic E-state index is 12.5. The number of hydrogen-bond donors (Lipinski definition) is 1. The average Bonchev–Trinajstić information content (AvgIpc) is 3.31. The summed E-state index contributed by atoms with van der Waals surface area (Å²) in [6.45, 7) is 8.07. The fourth-order valence-electron chi connectivity index (χ4n) is 3.82. The van der Waals surface area contributed by atoms with Gasteiger partial charge in [0, 0.05) is 24.7 Å². The van der Waals surface area contributed by atoms with Crippen molar-refractivity contribution in [2.24, 2.45) is 17.3 Å². The van der Waals surface area contributed by atoms with Gasteiger partial charge in [-0.15, -0.1) is 0 Å². The first-order valence-electron chi connectivity index (χ1n) is 9.57. The normalized spacial score (nSPS) is 21.4. The highest BCUT2D eigenvalue weighted by Gasteiger charge is 2.58. The monoisotopic (exact) mass is 355 g/mol. The first-order valence-corrected chi connectivity index (χ1v) is 9.57. The first kappa shape index (κ1) is 18.6. The van der Waals surface area contributed by atoms with E-state index in [0.717, 1.165) is 43.7 Å². The molecule has 1 aliphatic carbocycles. The Balaban J connectivity index is 1.46. The molecule has 3 rings (SSSR count). The highest BCUT2D eigenvalue weighted by Crippen LogP contribution is 2.59. The van der Waals surface area contributed by atoms with E-state index in [-0.39, 0.29) is 23.1 Å². The van der Waals surface area contributed by atoms with Crippen molar-refractivity contribution in [2.45, 2.75) is 46.6 Å². The Labute approximate surface area is 155 Å². The summed E-state index contributed by atoms with van der Waals surface area (Å²) in [7, 11) is 0. The van der Waals surface area contributed by atoms with Crippen LogP contribution in [0.15, 0.2) is 30.4 Å². The molecular weight excluding hydrogens is 326 g/mol. The molecule has 0 unspecified atom stereocenters. The zero-order valence-corrected chi connectivity index (χ0v) is 16.0. The number of nitrogens with zero attached hydrogens (tertiary/aromatic N) is 2. The largest absolute Gasteiger partial charge is 0.350 e. The number of likely N-dealkylation sites (tertiary alicyclic amines) is 1. The third-order valence-electron chi connectivity index (χ3n) is 5.59. The molecule has 0 bridgehead atoms. The molecule has 5 nitrogen and oxygen atoms in total. The predicted octanol–water partition coefficient (Wildman–Crippen LogP) is 2.85. The molecule has 0 aromatic carbocycles. The number of rotatable bonds is 5. The van der Waals surface area contributed by atoms with Gasteiger partial charge in [0.15, 0.2) is 0 Å². The summed E-state index contributed by atoms with van der Waals surface area (Å²) in [5.74, 6) is 0.707. The Morgan fingerprint density at radius 3 is 2.73 bits per heavy atom. The Morgan fingerprint density at radius 2 is 2.08 bits per heavy atom. The van der Waals surface area contributed by atoms with Crippen molar-refractivity contribution in [3.05, 3.63) is 41.7 Å². The zero-order valence-electron chi connectivity index (χ0n) is 16.0. The highest BCUT2D eigenvalue weighted by molar-refractivity contribution is 5.88. The molecule has 1 N–H and O–H groups in total. The third-order valence-corrected chi connectivity index (χ3v) is 5.59. The molecule has 1 aromatic rings. The van der Waals surface area contributed by atoms with Gasteiger partial charge in [-0.25, -0.2) is 0 Å². The van der Waals surface area contributed by atoms with Crippen LogP contribution in [-0.4, -0.2) is 34.8 Å². The molecule has 140 valence electrons. The predicted molar refractivity (Wildman–Crippen MR) is 101 cm³/mol. The number of amides is 2. The fraction of sp³-hybridized carbons (Fsp3) is 0.571. The van der Waals surface area contributed by atoms with Crippen molar-refractivity contribution in [2.75, 3.05) is 13.1 Å². The van der Waals surface area contributed by atoms with Crippen molar-refractivity contribution in [1.29, 1.82) is 0 Å². The lowest BCUT2D eigenvalue weighted by atomic mass is 9.90. The van der Waals surface area contributed by atoms with Crippen LogP contribution in [0.5, 0.6) is 0 Å². The highest BCUT2D eigenvalue weighted by atomic mass is 16.2. The van der Waals surface area contributed by atoms with E-state index < -0.39 is 0 Å². The molecule has 1 aliphatic heterocycles. The number of allylic oxidation sites excluding steroid dienone is 1. The average molecular weight is 355 g/mol. The molecular formula is C21H29N3O2. The van der Waals surface area contributed by atoms with E-state index in [1.807, 2.05) is 36.1 Å². The van der Waals surface area contributed by atoms with Crippen molar-refractivity contribution in [1.82, 2.24) is 15.2 Å². The summed E-state index contributed by atoms with van der Waals surface area (Å²) in [4.78, 5) is 31.0. The molecule has 2 amide bonds. The molecule has 2 heterocycles. The topological polar surface area (TPSA) is 62.3 Å². The van der Waals surface area contributed by atoms with E-state index in [9.17, 15) is 9.59 Å². The van der Waals surface area contributed by atoms with E-state index in [4.69, 9.17) is 0 Å². The van der Waals surface area contributed by atoms with E-state index in [0.29, 0.717) is 12.5 Å². The van der Waals surface area contributed by atoms with Crippen LogP contribution in [0.3, 0.4) is 0 Å². The van der Waals surface area contributed by atoms with E-state index in [1.165, 1.54) is 0 Å². The second-order valence-electron chi connectivity index (χ2n) is 8.04. The number of aromatic nitrogens is 1. The summed E-state index contributed by atoms with van der Waals surface area (Å²) in [5.41, 5.74) is 1.97. The molecule has 1 aromatic heterocycles. The Hall–Kier alpha value is -2.17. The summed E-state index contributed by atoms with van der Waals surface area (Å²) in [5, 5.41) is 3.03. The lowest BCUT2D eigenvalue weighted by molar-refractivity contribution is -0.127. The van der Waals surface area contributed by atoms with Crippen LogP contribution in [0.2, 0.25) is 0 Å². The molecule has 5 heteroatoms. The third kappa shape index (κ3) is 4.32. The van der Waals surface area contributed by atoms with Crippen LogP contribution in [0.25, 0.3) is 0 Å². The Kier molecular flexibility index (Phi) is 5.44. The molecule has 1 saturated carbocycles. The molecule has 0 radical (unpaired) electrons. The van der Waals surface area contributed by atoms with Gasteiger partial charge in [-0.2, -0.15) is 0 Å². The summed E-state index contributed by atoms with van der Waals surface area (Å²) < 4.78 is 0. The maximum Gasteiger partial charge on any atom is 0.246 e. The molecule has 1 atom stereocenters. The standard InChI is InChI=1S/C21H29N3O2/c1-15(2)7-8-19(25)24-11-9-21(10-12-24)13-18(21)20(26)22-14-17-6-4-5-16(3)23-17/h4-8,15,18H,9-14H2,1-3H3,(H,22,26)/b8-7+/t18-/m0/s1. The maximum absolute atomic E-state index is 12.5. The number of nitrogens with one attached hydrogen (secondary N) is 1. The van der Waals surface area contributed by atoms with Gasteiger partial charge in [-0.05, 0) is 55.7 Å². The number of pyridine rings is 1. The van der Waals surface area contributed by atoms with E-state index in [2.05, 4.69) is 24.1 Å². The minimum Gasteiger partial charge on any atom is -0.350 e. The van der Waals surface area contributed by atoms with E-state index >= 15 is 0 Å². The van der Waals surface area contributed by atoms with Crippen molar-refractivity contribution in [3.63, 3.8) is 0 Å². The van der Waals surface area contributed by atoms with Gasteiger partial charge in [-0.1, -0.05) is 26.0 Å². The quantitative estimate of drug-likeness (QED) is 0.826. The SMILES string of the molecule is Cc1cccc(CNC(=O)[C@@H]2CC23CCN(C(=O)/C=C/C(C)C)CC3)n1. The minimum absolute atomic E-state index is 0.0933. The van der Waals surface area contributed by atoms with Gasteiger partial charge in [0.1, 0.15) is 0 Å². The second kappa shape index (κ2) is 7.60.